The molecule has 0 fully saturated rings. The van der Waals surface area contributed by atoms with Gasteiger partial charge in [0.2, 0.25) is 15.9 Å². The quantitative estimate of drug-likeness (QED) is 0.543. The molecule has 0 saturated heterocycles. The molecule has 0 bridgehead atoms. The maximum absolute atomic E-state index is 12.8. The Labute approximate surface area is 166 Å². The maximum Gasteiger partial charge on any atom is 0.258 e. The molecule has 8 nitrogen and oxygen atoms in total. The normalized spacial score (nSPS) is 13.4. The smallest absolute Gasteiger partial charge is 0.258 e. The molecule has 0 aromatic heterocycles. The van der Waals surface area contributed by atoms with Crippen LogP contribution in [0.5, 0.6) is 0 Å². The van der Waals surface area contributed by atoms with Crippen LogP contribution in [-0.2, 0) is 14.8 Å². The van der Waals surface area contributed by atoms with E-state index in [1.165, 1.54) is 30.9 Å². The van der Waals surface area contributed by atoms with Crippen LogP contribution in [0, 0.1) is 0 Å². The Kier molecular flexibility index (Phi) is 5.54. The van der Waals surface area contributed by atoms with Crippen LogP contribution in [0.1, 0.15) is 20.7 Å². The molecule has 0 unspecified atom stereocenters. The van der Waals surface area contributed by atoms with Gasteiger partial charge in [0, 0.05) is 11.9 Å². The van der Waals surface area contributed by atoms with Gasteiger partial charge in [-0.1, -0.05) is 12.1 Å². The summed E-state index contributed by atoms with van der Waals surface area (Å²) >= 11 is 1.46. The van der Waals surface area contributed by atoms with Crippen LogP contribution in [0.3, 0.4) is 0 Å². The molecule has 0 saturated carbocycles. The molecule has 2 aromatic rings. The van der Waals surface area contributed by atoms with E-state index in [-0.39, 0.29) is 16.0 Å². The highest BCUT2D eigenvalue weighted by atomic mass is 32.2. The third-order valence-electron chi connectivity index (χ3n) is 4.16. The number of carbonyl (C=O) groups excluding carboxylic acids is 3. The van der Waals surface area contributed by atoms with Crippen molar-refractivity contribution >= 4 is 45.2 Å². The average Bonchev–Trinajstić information content (AvgIpc) is 2.95. The van der Waals surface area contributed by atoms with Gasteiger partial charge in [-0.15, -0.1) is 11.8 Å². The first-order valence-electron chi connectivity index (χ1n) is 8.13. The Morgan fingerprint density at radius 3 is 2.50 bits per heavy atom. The number of fused-ring (bicyclic) bond motifs is 1. The number of thioether (sulfide) groups is 1. The average molecular weight is 419 g/mol. The lowest BCUT2D eigenvalue weighted by atomic mass is 10.1. The van der Waals surface area contributed by atoms with Gasteiger partial charge in [0.15, 0.2) is 0 Å². The number of imide groups is 1. The zero-order valence-electron chi connectivity index (χ0n) is 15.1. The summed E-state index contributed by atoms with van der Waals surface area (Å²) in [5.41, 5.74) is 0.717. The van der Waals surface area contributed by atoms with E-state index < -0.39 is 34.3 Å². The second-order valence-corrected chi connectivity index (χ2v) is 8.89. The molecular weight excluding hydrogens is 402 g/mol. The highest BCUT2D eigenvalue weighted by molar-refractivity contribution is 7.98. The van der Waals surface area contributed by atoms with E-state index >= 15 is 0 Å². The summed E-state index contributed by atoms with van der Waals surface area (Å²) < 4.78 is 26.4. The molecule has 3 amide bonds. The molecule has 0 atom stereocenters. The Balaban J connectivity index is 1.77. The van der Waals surface area contributed by atoms with Crippen LogP contribution >= 0.6 is 11.8 Å². The summed E-state index contributed by atoms with van der Waals surface area (Å²) in [7, 11) is -2.76. The van der Waals surface area contributed by atoms with Crippen LogP contribution in [0.15, 0.2) is 52.3 Å². The SMILES string of the molecule is CSc1ccccc1NC(=O)CN(C)S(=O)(=O)c1ccc2c(c1)C(=O)NC2=O. The first-order chi connectivity index (χ1) is 13.2. The van der Waals surface area contributed by atoms with Crippen LogP contribution in [0.25, 0.3) is 0 Å². The van der Waals surface area contributed by atoms with Crippen LogP contribution in [-0.4, -0.2) is 50.3 Å². The van der Waals surface area contributed by atoms with Gasteiger partial charge in [-0.2, -0.15) is 4.31 Å². The number of nitrogens with one attached hydrogen (secondary N) is 2. The second-order valence-electron chi connectivity index (χ2n) is 6.00. The number of likely N-dealkylation sites (N-methyl/N-ethyl adjacent to an activating group) is 1. The van der Waals surface area contributed by atoms with Crippen LogP contribution < -0.4 is 10.6 Å². The molecule has 10 heteroatoms. The third-order valence-corrected chi connectivity index (χ3v) is 6.76. The predicted octanol–water partition coefficient (Wildman–Crippen LogP) is 1.55. The molecule has 1 heterocycles. The zero-order chi connectivity index (χ0) is 20.5. The topological polar surface area (TPSA) is 113 Å². The van der Waals surface area contributed by atoms with Crippen molar-refractivity contribution in [2.45, 2.75) is 9.79 Å². The van der Waals surface area contributed by atoms with Crippen molar-refractivity contribution in [1.29, 1.82) is 0 Å². The van der Waals surface area contributed by atoms with E-state index in [2.05, 4.69) is 10.6 Å². The monoisotopic (exact) mass is 419 g/mol. The third kappa shape index (κ3) is 3.79. The summed E-state index contributed by atoms with van der Waals surface area (Å²) in [4.78, 5) is 36.4. The molecule has 1 aliphatic rings. The Bertz CT molecular complexity index is 1080. The number of anilines is 1. The fourth-order valence-electron chi connectivity index (χ4n) is 2.71. The molecule has 1 aliphatic heterocycles. The lowest BCUT2D eigenvalue weighted by molar-refractivity contribution is -0.116. The van der Waals surface area contributed by atoms with E-state index in [1.54, 1.807) is 12.1 Å². The van der Waals surface area contributed by atoms with Crippen LogP contribution in [0.2, 0.25) is 0 Å². The first kappa shape index (κ1) is 20.1. The number of rotatable bonds is 6. The summed E-state index contributed by atoms with van der Waals surface area (Å²) in [6.45, 7) is -0.409. The molecule has 0 aliphatic carbocycles. The van der Waals surface area contributed by atoms with Gasteiger partial charge in [0.1, 0.15) is 0 Å². The van der Waals surface area contributed by atoms with Crippen LogP contribution in [0.4, 0.5) is 5.69 Å². The molecule has 2 N–H and O–H groups in total. The number of para-hydroxylation sites is 1. The highest BCUT2D eigenvalue weighted by Crippen LogP contribution is 2.25. The summed E-state index contributed by atoms with van der Waals surface area (Å²) in [5, 5.41) is 4.80. The summed E-state index contributed by atoms with van der Waals surface area (Å²) in [6, 6.07) is 10.8. The number of hydrogen-bond donors (Lipinski definition) is 2. The minimum atomic E-state index is -4.03. The standard InChI is InChI=1S/C18H17N3O5S2/c1-21(10-16(22)19-14-5-3-4-6-15(14)27-2)28(25,26)11-7-8-12-13(9-11)18(24)20-17(12)23/h3-9H,10H2,1-2H3,(H,19,22)(H,20,23,24). The number of sulfonamides is 1. The van der Waals surface area contributed by atoms with Gasteiger partial charge in [0.05, 0.1) is 28.3 Å². The van der Waals surface area contributed by atoms with Gasteiger partial charge < -0.3 is 5.32 Å². The van der Waals surface area contributed by atoms with E-state index in [0.29, 0.717) is 5.69 Å². The molecule has 3 rings (SSSR count). The number of carbonyl (C=O) groups is 3. The van der Waals surface area contributed by atoms with Gasteiger partial charge in [-0.3, -0.25) is 19.7 Å². The number of amides is 3. The van der Waals surface area contributed by atoms with Gasteiger partial charge in [-0.05, 0) is 36.6 Å². The molecular formula is C18H17N3O5S2. The lowest BCUT2D eigenvalue weighted by Gasteiger charge is -2.18. The van der Waals surface area contributed by atoms with Gasteiger partial charge in [0.25, 0.3) is 11.8 Å². The number of nitrogens with zero attached hydrogens (tertiary/aromatic N) is 1. The predicted molar refractivity (Wildman–Crippen MR) is 105 cm³/mol. The van der Waals surface area contributed by atoms with Crippen molar-refractivity contribution in [2.75, 3.05) is 25.2 Å². The van der Waals surface area contributed by atoms with Crippen molar-refractivity contribution in [3.63, 3.8) is 0 Å². The largest absolute Gasteiger partial charge is 0.324 e. The Hall–Kier alpha value is -2.69. The summed E-state index contributed by atoms with van der Waals surface area (Å²) in [6.07, 6.45) is 1.87. The lowest BCUT2D eigenvalue weighted by Crippen LogP contribution is -2.35. The van der Waals surface area contributed by atoms with Gasteiger partial charge in [-0.25, -0.2) is 8.42 Å². The molecule has 146 valence electrons. The minimum absolute atomic E-state index is 0.00201. The molecule has 0 radical (unpaired) electrons. The first-order valence-corrected chi connectivity index (χ1v) is 10.8. The van der Waals surface area contributed by atoms with Crippen molar-refractivity contribution < 1.29 is 22.8 Å². The maximum atomic E-state index is 12.8. The van der Waals surface area contributed by atoms with E-state index in [9.17, 15) is 22.8 Å². The minimum Gasteiger partial charge on any atom is -0.324 e. The molecule has 0 spiro atoms. The Morgan fingerprint density at radius 2 is 1.79 bits per heavy atom. The Morgan fingerprint density at radius 1 is 1.11 bits per heavy atom. The van der Waals surface area contributed by atoms with Crippen molar-refractivity contribution in [1.82, 2.24) is 9.62 Å². The van der Waals surface area contributed by atoms with E-state index in [0.717, 1.165) is 15.3 Å². The fraction of sp³-hybridized carbons (Fsp3) is 0.167. The van der Waals surface area contributed by atoms with Crippen molar-refractivity contribution in [3.8, 4) is 0 Å². The van der Waals surface area contributed by atoms with Crippen molar-refractivity contribution in [2.24, 2.45) is 0 Å². The second kappa shape index (κ2) is 7.74. The fourth-order valence-corrected chi connectivity index (χ4v) is 4.42. The highest BCUT2D eigenvalue weighted by Gasteiger charge is 2.30. The van der Waals surface area contributed by atoms with E-state index in [4.69, 9.17) is 0 Å². The van der Waals surface area contributed by atoms with Crippen molar-refractivity contribution in [3.05, 3.63) is 53.6 Å². The number of benzene rings is 2. The summed E-state index contributed by atoms with van der Waals surface area (Å²) in [5.74, 6) is -1.71. The molecule has 28 heavy (non-hydrogen) atoms. The van der Waals surface area contributed by atoms with E-state index in [1.807, 2.05) is 18.4 Å². The number of hydrogen-bond acceptors (Lipinski definition) is 6. The molecule has 2 aromatic carbocycles. The van der Waals surface area contributed by atoms with Gasteiger partial charge >= 0.3 is 0 Å². The zero-order valence-corrected chi connectivity index (χ0v) is 16.7.